The summed E-state index contributed by atoms with van der Waals surface area (Å²) in [6.07, 6.45) is 5.29. The molecule has 14 heavy (non-hydrogen) atoms. The summed E-state index contributed by atoms with van der Waals surface area (Å²) in [5, 5.41) is 9.54. The number of aliphatic hydroxyl groups is 1. The molecule has 3 aliphatic carbocycles. The maximum Gasteiger partial charge on any atom is 0.0712 e. The highest BCUT2D eigenvalue weighted by molar-refractivity contribution is 6.18. The maximum absolute atomic E-state index is 9.54. The van der Waals surface area contributed by atoms with Gasteiger partial charge in [-0.2, -0.15) is 0 Å². The van der Waals surface area contributed by atoms with Gasteiger partial charge < -0.3 is 5.11 Å². The van der Waals surface area contributed by atoms with E-state index in [4.69, 9.17) is 11.6 Å². The van der Waals surface area contributed by atoms with Crippen LogP contribution >= 0.6 is 11.6 Å². The van der Waals surface area contributed by atoms with Crippen LogP contribution in [-0.4, -0.2) is 17.1 Å². The molecular formula is C12H19ClO. The van der Waals surface area contributed by atoms with Gasteiger partial charge in [0, 0.05) is 5.88 Å². The topological polar surface area (TPSA) is 20.2 Å². The zero-order valence-corrected chi connectivity index (χ0v) is 9.72. The van der Waals surface area contributed by atoms with E-state index >= 15 is 0 Å². The van der Waals surface area contributed by atoms with Crippen molar-refractivity contribution in [3.05, 3.63) is 11.6 Å². The smallest absolute Gasteiger partial charge is 0.0712 e. The third-order valence-electron chi connectivity index (χ3n) is 4.23. The van der Waals surface area contributed by atoms with Gasteiger partial charge in [0.15, 0.2) is 0 Å². The van der Waals surface area contributed by atoms with Gasteiger partial charge in [0.1, 0.15) is 0 Å². The third kappa shape index (κ3) is 1.51. The molecule has 0 aliphatic heterocycles. The third-order valence-corrected chi connectivity index (χ3v) is 4.59. The van der Waals surface area contributed by atoms with Crippen molar-refractivity contribution in [3.8, 4) is 0 Å². The molecule has 0 amide bonds. The van der Waals surface area contributed by atoms with E-state index in [0.717, 1.165) is 12.3 Å². The molecule has 0 heterocycles. The summed E-state index contributed by atoms with van der Waals surface area (Å²) in [5.74, 6) is 1.94. The number of hydrogen-bond donors (Lipinski definition) is 1. The molecule has 0 spiro atoms. The number of halogens is 1. The highest BCUT2D eigenvalue weighted by Gasteiger charge is 2.50. The average Bonchev–Trinajstić information content (AvgIpc) is 2.17. The Balaban J connectivity index is 2.04. The fourth-order valence-electron chi connectivity index (χ4n) is 3.03. The minimum absolute atomic E-state index is 0.351. The van der Waals surface area contributed by atoms with Gasteiger partial charge in [-0.3, -0.25) is 0 Å². The molecule has 2 heteroatoms. The number of aliphatic hydroxyl groups excluding tert-OH is 1. The summed E-state index contributed by atoms with van der Waals surface area (Å²) >= 11 is 5.63. The first-order valence-corrected chi connectivity index (χ1v) is 6.02. The predicted octanol–water partition coefficient (Wildman–Crippen LogP) is 2.97. The van der Waals surface area contributed by atoms with Gasteiger partial charge in [0.25, 0.3) is 0 Å². The Labute approximate surface area is 91.1 Å². The molecule has 3 atom stereocenters. The summed E-state index contributed by atoms with van der Waals surface area (Å²) in [5.41, 5.74) is 1.92. The fraction of sp³-hybridized carbons (Fsp3) is 0.833. The second-order valence-corrected chi connectivity index (χ2v) is 5.64. The van der Waals surface area contributed by atoms with Crippen molar-refractivity contribution in [2.45, 2.75) is 39.2 Å². The van der Waals surface area contributed by atoms with Crippen molar-refractivity contribution in [2.75, 3.05) is 5.88 Å². The van der Waals surface area contributed by atoms with Gasteiger partial charge in [-0.25, -0.2) is 0 Å². The number of allylic oxidation sites excluding steroid dienone is 1. The monoisotopic (exact) mass is 214 g/mol. The number of alkyl halides is 1. The van der Waals surface area contributed by atoms with Gasteiger partial charge in [-0.1, -0.05) is 25.5 Å². The zero-order chi connectivity index (χ0) is 10.3. The summed E-state index contributed by atoms with van der Waals surface area (Å²) in [6.45, 7) is 4.71. The number of hydrogen-bond acceptors (Lipinski definition) is 1. The largest absolute Gasteiger partial charge is 0.392 e. The molecule has 0 radical (unpaired) electrons. The average molecular weight is 215 g/mol. The van der Waals surface area contributed by atoms with E-state index in [0.29, 0.717) is 17.2 Å². The minimum Gasteiger partial charge on any atom is -0.392 e. The first-order chi connectivity index (χ1) is 6.55. The van der Waals surface area contributed by atoms with Gasteiger partial charge in [-0.05, 0) is 36.5 Å². The van der Waals surface area contributed by atoms with Crippen LogP contribution in [-0.2, 0) is 0 Å². The Morgan fingerprint density at radius 3 is 2.86 bits per heavy atom. The van der Waals surface area contributed by atoms with Crippen LogP contribution in [0, 0.1) is 17.3 Å². The van der Waals surface area contributed by atoms with E-state index in [1.807, 2.05) is 0 Å². The fourth-order valence-corrected chi connectivity index (χ4v) is 3.14. The lowest BCUT2D eigenvalue weighted by Gasteiger charge is -2.56. The van der Waals surface area contributed by atoms with Gasteiger partial charge in [0.2, 0.25) is 0 Å². The van der Waals surface area contributed by atoms with Crippen molar-refractivity contribution < 1.29 is 5.11 Å². The normalized spacial score (nSPS) is 35.9. The van der Waals surface area contributed by atoms with E-state index in [-0.39, 0.29) is 6.10 Å². The lowest BCUT2D eigenvalue weighted by atomic mass is 9.48. The highest BCUT2D eigenvalue weighted by Crippen LogP contribution is 2.59. The van der Waals surface area contributed by atoms with Gasteiger partial charge in [-0.15, -0.1) is 11.6 Å². The molecule has 0 aromatic heterocycles. The quantitative estimate of drug-likeness (QED) is 0.566. The molecular weight excluding hydrogens is 196 g/mol. The zero-order valence-electron chi connectivity index (χ0n) is 8.96. The number of fused-ring (bicyclic) bond motifs is 1. The van der Waals surface area contributed by atoms with Crippen molar-refractivity contribution in [1.29, 1.82) is 0 Å². The maximum atomic E-state index is 9.54. The second-order valence-electron chi connectivity index (χ2n) is 5.33. The van der Waals surface area contributed by atoms with Crippen molar-refractivity contribution in [2.24, 2.45) is 17.3 Å². The summed E-state index contributed by atoms with van der Waals surface area (Å²) in [6, 6.07) is 0. The molecule has 0 aromatic carbocycles. The molecule has 0 aromatic rings. The molecule has 2 bridgehead atoms. The lowest BCUT2D eigenvalue weighted by Crippen LogP contribution is -2.48. The first-order valence-electron chi connectivity index (χ1n) is 5.48. The number of rotatable bonds is 3. The summed E-state index contributed by atoms with van der Waals surface area (Å²) in [7, 11) is 0. The molecule has 1 nitrogen and oxygen atoms in total. The Morgan fingerprint density at radius 1 is 1.64 bits per heavy atom. The van der Waals surface area contributed by atoms with Crippen LogP contribution < -0.4 is 0 Å². The molecule has 3 aliphatic rings. The van der Waals surface area contributed by atoms with Gasteiger partial charge >= 0.3 is 0 Å². The van der Waals surface area contributed by atoms with E-state index in [9.17, 15) is 5.11 Å². The Bertz CT molecular complexity index is 257. The van der Waals surface area contributed by atoms with E-state index in [1.54, 1.807) is 0 Å². The Hall–Kier alpha value is -0.0100. The standard InChI is InChI=1S/C12H19ClO/c1-12(2)9-4-3-8(11(12)6-9)5-10(14)7-13/h3,9-11,14H,4-7H2,1-2H3. The molecule has 1 saturated carbocycles. The Morgan fingerprint density at radius 2 is 2.36 bits per heavy atom. The van der Waals surface area contributed by atoms with Crippen LogP contribution in [0.5, 0.6) is 0 Å². The van der Waals surface area contributed by atoms with E-state index in [2.05, 4.69) is 19.9 Å². The molecule has 80 valence electrons. The SMILES string of the molecule is CC1(C)C2CC=C(CC(O)CCl)C1C2. The van der Waals surface area contributed by atoms with Crippen molar-refractivity contribution in [3.63, 3.8) is 0 Å². The second kappa shape index (κ2) is 3.53. The predicted molar refractivity (Wildman–Crippen MR) is 59.4 cm³/mol. The van der Waals surface area contributed by atoms with Crippen molar-refractivity contribution in [1.82, 2.24) is 0 Å². The van der Waals surface area contributed by atoms with Gasteiger partial charge in [0.05, 0.1) is 6.10 Å². The molecule has 1 N–H and O–H groups in total. The lowest BCUT2D eigenvalue weighted by molar-refractivity contribution is -0.0115. The van der Waals surface area contributed by atoms with E-state index < -0.39 is 0 Å². The van der Waals surface area contributed by atoms with Crippen LogP contribution in [0.1, 0.15) is 33.1 Å². The van der Waals surface area contributed by atoms with Crippen LogP contribution in [0.25, 0.3) is 0 Å². The molecule has 1 fully saturated rings. The highest BCUT2D eigenvalue weighted by atomic mass is 35.5. The van der Waals surface area contributed by atoms with Crippen LogP contribution in [0.3, 0.4) is 0 Å². The van der Waals surface area contributed by atoms with Crippen LogP contribution in [0.2, 0.25) is 0 Å². The Kier molecular flexibility index (Phi) is 2.65. The summed E-state index contributed by atoms with van der Waals surface area (Å²) < 4.78 is 0. The first kappa shape index (κ1) is 10.5. The van der Waals surface area contributed by atoms with Crippen LogP contribution in [0.4, 0.5) is 0 Å². The molecule has 3 unspecified atom stereocenters. The molecule has 3 rings (SSSR count). The molecule has 0 saturated heterocycles. The van der Waals surface area contributed by atoms with E-state index in [1.165, 1.54) is 18.4 Å². The minimum atomic E-state index is -0.351. The van der Waals surface area contributed by atoms with Crippen LogP contribution in [0.15, 0.2) is 11.6 Å². The van der Waals surface area contributed by atoms with Crippen molar-refractivity contribution >= 4 is 11.6 Å². The summed E-state index contributed by atoms with van der Waals surface area (Å²) in [4.78, 5) is 0.